The normalized spacial score (nSPS) is 15.0. The molecule has 0 saturated carbocycles. The fourth-order valence-corrected chi connectivity index (χ4v) is 7.39. The first-order chi connectivity index (χ1) is 29.1. The molecule has 0 atom stereocenters. The van der Waals surface area contributed by atoms with Crippen molar-refractivity contribution < 1.29 is 27.9 Å². The molecule has 8 rings (SSSR count). The van der Waals surface area contributed by atoms with E-state index in [2.05, 4.69) is 65.6 Å². The number of aromatic nitrogens is 8. The van der Waals surface area contributed by atoms with Crippen molar-refractivity contribution in [3.05, 3.63) is 83.5 Å². The number of anilines is 4. The third-order valence-electron chi connectivity index (χ3n) is 10.4. The molecule has 7 N–H and O–H groups in total. The number of carbonyl (C=O) groups is 3. The summed E-state index contributed by atoms with van der Waals surface area (Å²) in [5.74, 6) is -0.553. The van der Waals surface area contributed by atoms with Crippen molar-refractivity contribution in [1.29, 1.82) is 0 Å². The summed E-state index contributed by atoms with van der Waals surface area (Å²) in [7, 11) is 0. The van der Waals surface area contributed by atoms with Gasteiger partial charge in [-0.3, -0.25) is 14.9 Å². The fourth-order valence-electron chi connectivity index (χ4n) is 7.39. The largest absolute Gasteiger partial charge is 0.444 e. The Labute approximate surface area is 349 Å². The van der Waals surface area contributed by atoms with Gasteiger partial charge in [0.2, 0.25) is 0 Å². The molecule has 0 spiro atoms. The van der Waals surface area contributed by atoms with Crippen LogP contribution in [0.5, 0.6) is 0 Å². The number of hydrogen-bond donors (Lipinski definition) is 6. The van der Waals surface area contributed by atoms with E-state index in [4.69, 9.17) is 10.5 Å². The third-order valence-corrected chi connectivity index (χ3v) is 10.4. The first kappa shape index (κ1) is 42.1. The number of aromatic amines is 2. The van der Waals surface area contributed by atoms with Gasteiger partial charge in [-0.1, -0.05) is 0 Å². The molecule has 0 aromatic carbocycles. The molecular formula is C41H48F2N14O4. The van der Waals surface area contributed by atoms with Gasteiger partial charge in [-0.25, -0.2) is 43.5 Å². The second-order valence-electron chi connectivity index (χ2n) is 16.0. The van der Waals surface area contributed by atoms with Crippen molar-refractivity contribution in [1.82, 2.24) is 50.5 Å². The Bertz CT molecular complexity index is 2560. The number of amides is 3. The number of aryl methyl sites for hydroxylation is 2. The van der Waals surface area contributed by atoms with Gasteiger partial charge in [0.1, 0.15) is 52.8 Å². The third kappa shape index (κ3) is 9.90. The minimum absolute atomic E-state index is 0.0327. The number of ether oxygens (including phenoxy) is 1. The first-order valence-electron chi connectivity index (χ1n) is 19.9. The summed E-state index contributed by atoms with van der Waals surface area (Å²) >= 11 is 0. The van der Waals surface area contributed by atoms with Crippen LogP contribution in [0.2, 0.25) is 0 Å². The molecular weight excluding hydrogens is 791 g/mol. The van der Waals surface area contributed by atoms with Crippen LogP contribution >= 0.6 is 0 Å². The Morgan fingerprint density at radius 2 is 1.18 bits per heavy atom. The van der Waals surface area contributed by atoms with E-state index in [0.29, 0.717) is 25.9 Å². The standard InChI is InChI=1S/C23H28FN7O3.C18H20FN7O/c1-13-10-26-19-18(13)20(28-12-27-19)31-7-5-14(6-8-31)29-21(32)15-9-17(25-11-16(15)24)30-22(33)34-23(2,3)4;1-10-7-22-16-15(10)17(24-9-23-16)26-4-2-11(3-5-26)25-18(27)12-6-14(20)21-8-13(12)19/h9-12,14H,5-8H2,1-4H3,(H,29,32)(H,25,30,33)(H,26,27,28);6-9,11H,2-5H2,1H3,(H2,20,21)(H,25,27)(H,22,23,24). The minimum Gasteiger partial charge on any atom is -0.444 e. The highest BCUT2D eigenvalue weighted by molar-refractivity contribution is 5.97. The molecule has 61 heavy (non-hydrogen) atoms. The van der Waals surface area contributed by atoms with Crippen molar-refractivity contribution in [2.45, 2.75) is 78.0 Å². The molecule has 20 heteroatoms. The van der Waals surface area contributed by atoms with Gasteiger partial charge in [-0.15, -0.1) is 0 Å². The van der Waals surface area contributed by atoms with Gasteiger partial charge in [0.05, 0.1) is 34.3 Å². The summed E-state index contributed by atoms with van der Waals surface area (Å²) in [4.78, 5) is 72.7. The molecule has 0 aliphatic carbocycles. The average Bonchev–Trinajstić information content (AvgIpc) is 3.81. The number of piperidine rings is 2. The van der Waals surface area contributed by atoms with Crippen molar-refractivity contribution in [2.75, 3.05) is 47.0 Å². The maximum atomic E-state index is 14.3. The Morgan fingerprint density at radius 3 is 1.66 bits per heavy atom. The molecule has 8 heterocycles. The first-order valence-corrected chi connectivity index (χ1v) is 19.9. The monoisotopic (exact) mass is 838 g/mol. The topological polar surface area (TPSA) is 238 Å². The average molecular weight is 839 g/mol. The van der Waals surface area contributed by atoms with Gasteiger partial charge < -0.3 is 40.9 Å². The summed E-state index contributed by atoms with van der Waals surface area (Å²) in [5, 5.41) is 10.2. The zero-order valence-electron chi connectivity index (χ0n) is 34.5. The Hall–Kier alpha value is -6.99. The predicted octanol–water partition coefficient (Wildman–Crippen LogP) is 5.33. The van der Waals surface area contributed by atoms with Gasteiger partial charge >= 0.3 is 6.09 Å². The van der Waals surface area contributed by atoms with Crippen LogP contribution in [0, 0.1) is 25.5 Å². The van der Waals surface area contributed by atoms with Crippen molar-refractivity contribution in [3.63, 3.8) is 0 Å². The van der Waals surface area contributed by atoms with Gasteiger partial charge in [0.25, 0.3) is 11.8 Å². The number of pyridine rings is 2. The van der Waals surface area contributed by atoms with Crippen molar-refractivity contribution in [2.24, 2.45) is 0 Å². The van der Waals surface area contributed by atoms with E-state index < -0.39 is 35.1 Å². The van der Waals surface area contributed by atoms with Crippen LogP contribution in [0.15, 0.2) is 49.6 Å². The number of nitrogens with zero attached hydrogens (tertiary/aromatic N) is 8. The Morgan fingerprint density at radius 1 is 0.721 bits per heavy atom. The van der Waals surface area contributed by atoms with E-state index in [1.807, 2.05) is 26.2 Å². The van der Waals surface area contributed by atoms with Gasteiger partial charge in [-0.05, 0) is 83.6 Å². The second kappa shape index (κ2) is 17.7. The smallest absolute Gasteiger partial charge is 0.413 e. The van der Waals surface area contributed by atoms with E-state index in [9.17, 15) is 23.2 Å². The zero-order chi connectivity index (χ0) is 43.4. The van der Waals surface area contributed by atoms with E-state index in [1.54, 1.807) is 27.1 Å². The molecule has 6 aromatic heterocycles. The quantitative estimate of drug-likeness (QED) is 0.119. The lowest BCUT2D eigenvalue weighted by atomic mass is 10.0. The van der Waals surface area contributed by atoms with Crippen LogP contribution in [-0.2, 0) is 4.74 Å². The summed E-state index contributed by atoms with van der Waals surface area (Å²) in [6.45, 7) is 12.1. The molecule has 18 nitrogen and oxygen atoms in total. The number of nitrogen functional groups attached to an aromatic ring is 1. The number of halogens is 2. The number of hydrogen-bond acceptors (Lipinski definition) is 13. The summed E-state index contributed by atoms with van der Waals surface area (Å²) in [6.07, 6.45) is 10.9. The molecule has 320 valence electrons. The number of nitrogens with one attached hydrogen (secondary N) is 5. The fraction of sp³-hybridized carbons (Fsp3) is 0.390. The summed E-state index contributed by atoms with van der Waals surface area (Å²) in [5.41, 5.74) is 8.37. The lowest BCUT2D eigenvalue weighted by Gasteiger charge is -2.33. The Kier molecular flexibility index (Phi) is 12.2. The van der Waals surface area contributed by atoms with Crippen LogP contribution in [0.25, 0.3) is 22.1 Å². The van der Waals surface area contributed by atoms with Crippen LogP contribution in [-0.4, -0.2) is 102 Å². The molecule has 2 saturated heterocycles. The van der Waals surface area contributed by atoms with E-state index in [-0.39, 0.29) is 34.8 Å². The van der Waals surface area contributed by atoms with E-state index >= 15 is 0 Å². The maximum Gasteiger partial charge on any atom is 0.413 e. The van der Waals surface area contributed by atoms with Crippen LogP contribution < -0.4 is 31.5 Å². The van der Waals surface area contributed by atoms with Crippen molar-refractivity contribution in [3.8, 4) is 0 Å². The maximum absolute atomic E-state index is 14.3. The SMILES string of the molecule is Cc1c[nH]c2ncnc(N3CCC(NC(=O)c4cc(N)ncc4F)CC3)c12.Cc1c[nH]c2ncnc(N3CCC(NC(=O)c4cc(NC(=O)OC(C)(C)C)ncc4F)CC3)c12. The predicted molar refractivity (Wildman–Crippen MR) is 225 cm³/mol. The van der Waals surface area contributed by atoms with Gasteiger partial charge in [0, 0.05) is 50.7 Å². The summed E-state index contributed by atoms with van der Waals surface area (Å²) < 4.78 is 33.3. The number of carbonyl (C=O) groups excluding carboxylic acids is 3. The van der Waals surface area contributed by atoms with Crippen LogP contribution in [0.4, 0.5) is 36.8 Å². The number of H-pyrrole nitrogens is 2. The second-order valence-corrected chi connectivity index (χ2v) is 16.0. The van der Waals surface area contributed by atoms with E-state index in [0.717, 1.165) is 83.2 Å². The van der Waals surface area contributed by atoms with Crippen molar-refractivity contribution >= 4 is 63.2 Å². The zero-order valence-corrected chi connectivity index (χ0v) is 34.5. The molecule has 6 aromatic rings. The van der Waals surface area contributed by atoms with Crippen LogP contribution in [0.3, 0.4) is 0 Å². The number of nitrogens with two attached hydrogens (primary N) is 1. The summed E-state index contributed by atoms with van der Waals surface area (Å²) in [6, 6.07) is 2.30. The van der Waals surface area contributed by atoms with Gasteiger partial charge in [-0.2, -0.15) is 0 Å². The molecule has 3 amide bonds. The highest BCUT2D eigenvalue weighted by Gasteiger charge is 2.27. The molecule has 2 aliphatic heterocycles. The number of rotatable bonds is 7. The molecule has 0 bridgehead atoms. The number of fused-ring (bicyclic) bond motifs is 2. The highest BCUT2D eigenvalue weighted by Crippen LogP contribution is 2.30. The highest BCUT2D eigenvalue weighted by atomic mass is 19.1. The molecule has 0 unspecified atom stereocenters. The molecule has 0 radical (unpaired) electrons. The Balaban J connectivity index is 0.000000189. The lowest BCUT2D eigenvalue weighted by molar-refractivity contribution is 0.0634. The minimum atomic E-state index is -0.768. The lowest BCUT2D eigenvalue weighted by Crippen LogP contribution is -2.45. The molecule has 2 aliphatic rings. The van der Waals surface area contributed by atoms with E-state index in [1.165, 1.54) is 18.5 Å². The van der Waals surface area contributed by atoms with Gasteiger partial charge in [0.15, 0.2) is 11.6 Å². The van der Waals surface area contributed by atoms with Crippen LogP contribution in [0.1, 0.15) is 78.3 Å². The molecule has 2 fully saturated rings.